The summed E-state index contributed by atoms with van der Waals surface area (Å²) in [6.45, 7) is 1.27. The van der Waals surface area contributed by atoms with Gasteiger partial charge >= 0.3 is 12.2 Å². The number of imidazole rings is 2. The van der Waals surface area contributed by atoms with Crippen LogP contribution in [0.4, 0.5) is 9.59 Å². The Morgan fingerprint density at radius 3 is 1.57 bits per heavy atom. The van der Waals surface area contributed by atoms with E-state index in [0.717, 1.165) is 131 Å². The Morgan fingerprint density at radius 2 is 1.04 bits per heavy atom. The Balaban J connectivity index is 0.878. The van der Waals surface area contributed by atoms with E-state index in [1.165, 1.54) is 67.7 Å². The number of nitrogens with one attached hydrogen (secondary N) is 4. The number of hydrogen-bond acceptors (Lipinski definition) is 8. The molecule has 4 N–H and O–H groups in total. The van der Waals surface area contributed by atoms with Crippen molar-refractivity contribution in [1.82, 2.24) is 40.4 Å². The van der Waals surface area contributed by atoms with E-state index in [0.29, 0.717) is 13.1 Å². The number of carbonyl (C=O) groups excluding carboxylic acids is 4. The molecule has 2 saturated heterocycles. The SMILES string of the molecule is COC(=O)N[C@H](C(=O)N1CCC[C@H]1c1ncc(-c2ccc(-c3ccc(-c4cnc([C@@H]5CCCN5C(=O)[C@@H](NC(=O)OC)C5CCCCC5)[nH]4)c4c3CC3(CCCC3)C4)cc2)[nH]1)C1CCCCC1. The molecule has 2 aromatic heterocycles. The highest BCUT2D eigenvalue weighted by molar-refractivity contribution is 5.87. The number of carbonyl (C=O) groups is 4. The second-order valence-electron chi connectivity index (χ2n) is 20.5. The van der Waals surface area contributed by atoms with Crippen LogP contribution in [-0.2, 0) is 31.9 Å². The molecule has 10 rings (SSSR count). The average Bonchev–Trinajstić information content (AvgIpc) is 4.24. The third kappa shape index (κ3) is 9.09. The van der Waals surface area contributed by atoms with Crippen LogP contribution >= 0.6 is 0 Å². The van der Waals surface area contributed by atoms with Crippen molar-refractivity contribution < 1.29 is 28.7 Å². The number of aromatic nitrogens is 4. The van der Waals surface area contributed by atoms with E-state index >= 15 is 0 Å². The van der Waals surface area contributed by atoms with Crippen LogP contribution in [0, 0.1) is 17.3 Å². The summed E-state index contributed by atoms with van der Waals surface area (Å²) in [7, 11) is 2.70. The van der Waals surface area contributed by atoms with Crippen molar-refractivity contribution in [3.8, 4) is 33.6 Å². The molecule has 2 aromatic carbocycles. The third-order valence-corrected chi connectivity index (χ3v) is 16.6. The number of nitrogens with zero attached hydrogens (tertiary/aromatic N) is 4. The molecule has 3 saturated carbocycles. The maximum atomic E-state index is 14.3. The molecule has 2 aliphatic heterocycles. The number of likely N-dealkylation sites (tertiary alicyclic amines) is 2. The fraction of sp³-hybridized carbons (Fsp3) is 0.585. The van der Waals surface area contributed by atoms with E-state index in [4.69, 9.17) is 19.4 Å². The molecule has 4 atom stereocenters. The summed E-state index contributed by atoms with van der Waals surface area (Å²) in [6, 6.07) is 11.8. The quantitative estimate of drug-likeness (QED) is 0.115. The minimum absolute atomic E-state index is 0.0355. The molecule has 67 heavy (non-hydrogen) atoms. The first-order valence-corrected chi connectivity index (χ1v) is 25.4. The van der Waals surface area contributed by atoms with E-state index < -0.39 is 24.3 Å². The largest absolute Gasteiger partial charge is 0.453 e. The van der Waals surface area contributed by atoms with Crippen LogP contribution in [0.15, 0.2) is 48.8 Å². The number of rotatable bonds is 11. The molecule has 14 heteroatoms. The molecule has 4 aromatic rings. The molecule has 4 aliphatic carbocycles. The molecule has 4 amide bonds. The molecular formula is C53H68N8O6. The van der Waals surface area contributed by atoms with Gasteiger partial charge < -0.3 is 39.9 Å². The molecule has 356 valence electrons. The summed E-state index contributed by atoms with van der Waals surface area (Å²) in [6.07, 6.45) is 23.5. The monoisotopic (exact) mass is 913 g/mol. The first kappa shape index (κ1) is 45.1. The molecule has 0 unspecified atom stereocenters. The predicted octanol–water partition coefficient (Wildman–Crippen LogP) is 9.73. The molecule has 0 bridgehead atoms. The van der Waals surface area contributed by atoms with Crippen molar-refractivity contribution in [2.45, 2.75) is 153 Å². The maximum absolute atomic E-state index is 14.3. The normalized spacial score (nSPS) is 22.7. The summed E-state index contributed by atoms with van der Waals surface area (Å²) in [5.74, 6) is 1.69. The van der Waals surface area contributed by atoms with E-state index in [2.05, 4.69) is 57.0 Å². The highest BCUT2D eigenvalue weighted by Crippen LogP contribution is 2.53. The Hall–Kier alpha value is -5.66. The van der Waals surface area contributed by atoms with Gasteiger partial charge in [0, 0.05) is 18.7 Å². The number of benzene rings is 2. The molecular weight excluding hydrogens is 845 g/mol. The number of H-pyrrole nitrogens is 2. The predicted molar refractivity (Wildman–Crippen MR) is 255 cm³/mol. The molecule has 0 radical (unpaired) electrons. The van der Waals surface area contributed by atoms with Crippen LogP contribution in [0.25, 0.3) is 33.6 Å². The van der Waals surface area contributed by atoms with E-state index in [9.17, 15) is 19.2 Å². The smallest absolute Gasteiger partial charge is 0.407 e. The van der Waals surface area contributed by atoms with Gasteiger partial charge in [-0.3, -0.25) is 9.59 Å². The van der Waals surface area contributed by atoms with Gasteiger partial charge in [-0.1, -0.05) is 87.8 Å². The number of methoxy groups -OCH3 is 2. The molecule has 6 aliphatic rings. The first-order chi connectivity index (χ1) is 32.7. The molecule has 1 spiro atoms. The minimum Gasteiger partial charge on any atom is -0.453 e. The number of ether oxygens (including phenoxy) is 2. The van der Waals surface area contributed by atoms with Crippen LogP contribution in [0.2, 0.25) is 0 Å². The standard InChI is InChI=1S/C53H68N8O6/c1-66-51(64)58-45(35-13-5-3-6-14-35)49(62)60-27-11-17-43(60)47-54-31-41(56-47)34-21-19-33(20-22-34)37-23-24-38(40-30-53(29-39(37)40)25-9-10-26-53)42-32-55-48(57-42)44-18-12-28-61(44)50(63)46(59-52(65)67-2)36-15-7-4-8-16-36/h19-24,31-32,35-36,43-46H,3-18,25-30H2,1-2H3,(H,54,56)(H,55,57)(H,58,64)(H,59,65)/t43-,44-,45-,46-/m0/s1. The maximum Gasteiger partial charge on any atom is 0.407 e. The van der Waals surface area contributed by atoms with Crippen LogP contribution in [0.5, 0.6) is 0 Å². The number of fused-ring (bicyclic) bond motifs is 1. The highest BCUT2D eigenvalue weighted by Gasteiger charge is 2.44. The van der Waals surface area contributed by atoms with Crippen molar-refractivity contribution in [2.24, 2.45) is 17.3 Å². The number of aromatic amines is 2. The van der Waals surface area contributed by atoms with Crippen LogP contribution in [0.1, 0.15) is 150 Å². The van der Waals surface area contributed by atoms with E-state index in [-0.39, 0.29) is 41.1 Å². The Kier molecular flexibility index (Phi) is 13.1. The van der Waals surface area contributed by atoms with Crippen molar-refractivity contribution >= 4 is 24.0 Å². The average molecular weight is 913 g/mol. The number of amides is 4. The van der Waals surface area contributed by atoms with E-state index in [1.54, 1.807) is 0 Å². The summed E-state index contributed by atoms with van der Waals surface area (Å²) >= 11 is 0. The zero-order chi connectivity index (χ0) is 46.1. The molecule has 5 fully saturated rings. The van der Waals surface area contributed by atoms with Gasteiger partial charge in [0.15, 0.2) is 0 Å². The zero-order valence-electron chi connectivity index (χ0n) is 39.4. The highest BCUT2D eigenvalue weighted by atomic mass is 16.5. The van der Waals surface area contributed by atoms with Gasteiger partial charge in [-0.05, 0) is 122 Å². The van der Waals surface area contributed by atoms with Gasteiger partial charge in [-0.2, -0.15) is 0 Å². The van der Waals surface area contributed by atoms with Gasteiger partial charge in [0.05, 0.1) is 50.1 Å². The van der Waals surface area contributed by atoms with Crippen LogP contribution in [-0.4, -0.2) is 93.1 Å². The third-order valence-electron chi connectivity index (χ3n) is 16.6. The Labute approximate surface area is 394 Å². The lowest BCUT2D eigenvalue weighted by atomic mass is 9.82. The summed E-state index contributed by atoms with van der Waals surface area (Å²) in [5, 5.41) is 5.82. The lowest BCUT2D eigenvalue weighted by Gasteiger charge is -2.34. The van der Waals surface area contributed by atoms with Crippen molar-refractivity contribution in [2.75, 3.05) is 27.3 Å². The summed E-state index contributed by atoms with van der Waals surface area (Å²) in [5.41, 5.74) is 9.67. The minimum atomic E-state index is -0.602. The number of hydrogen-bond donors (Lipinski definition) is 4. The van der Waals surface area contributed by atoms with Crippen molar-refractivity contribution in [3.63, 3.8) is 0 Å². The van der Waals surface area contributed by atoms with Crippen LogP contribution in [0.3, 0.4) is 0 Å². The summed E-state index contributed by atoms with van der Waals surface area (Å²) in [4.78, 5) is 74.3. The number of alkyl carbamates (subject to hydrolysis) is 2. The van der Waals surface area contributed by atoms with Crippen molar-refractivity contribution in [3.05, 3.63) is 71.6 Å². The second kappa shape index (κ2) is 19.5. The fourth-order valence-corrected chi connectivity index (χ4v) is 13.1. The molecule has 14 nitrogen and oxygen atoms in total. The van der Waals surface area contributed by atoms with Crippen molar-refractivity contribution in [1.29, 1.82) is 0 Å². The van der Waals surface area contributed by atoms with Crippen LogP contribution < -0.4 is 10.6 Å². The summed E-state index contributed by atoms with van der Waals surface area (Å²) < 4.78 is 9.91. The molecule has 4 heterocycles. The van der Waals surface area contributed by atoms with E-state index in [1.807, 2.05) is 22.2 Å². The van der Waals surface area contributed by atoms with Gasteiger partial charge in [-0.25, -0.2) is 19.6 Å². The van der Waals surface area contributed by atoms with Gasteiger partial charge in [0.25, 0.3) is 0 Å². The van der Waals surface area contributed by atoms with Gasteiger partial charge in [0.2, 0.25) is 11.8 Å². The Bertz CT molecular complexity index is 2430. The Morgan fingerprint density at radius 1 is 0.582 bits per heavy atom. The zero-order valence-corrected chi connectivity index (χ0v) is 39.4. The fourth-order valence-electron chi connectivity index (χ4n) is 13.1. The first-order valence-electron chi connectivity index (χ1n) is 25.4. The second-order valence-corrected chi connectivity index (χ2v) is 20.5. The lowest BCUT2D eigenvalue weighted by molar-refractivity contribution is -0.136. The topological polar surface area (TPSA) is 175 Å². The lowest BCUT2D eigenvalue weighted by Crippen LogP contribution is -2.52. The van der Waals surface area contributed by atoms with Gasteiger partial charge in [-0.15, -0.1) is 0 Å². The van der Waals surface area contributed by atoms with Gasteiger partial charge in [0.1, 0.15) is 23.7 Å².